The second-order valence-electron chi connectivity index (χ2n) is 5.86. The molecule has 0 aliphatic heterocycles. The van der Waals surface area contributed by atoms with Gasteiger partial charge in [-0.1, -0.05) is 25.3 Å². The molecule has 0 heterocycles. The molecule has 0 atom stereocenters. The maximum atomic E-state index is 12.4. The lowest BCUT2D eigenvalue weighted by molar-refractivity contribution is -0.122. The van der Waals surface area contributed by atoms with Crippen LogP contribution >= 0.6 is 12.4 Å². The maximum Gasteiger partial charge on any atom is 0.244 e. The molecule has 130 valence electrons. The molecule has 0 radical (unpaired) electrons. The smallest absolute Gasteiger partial charge is 0.244 e. The van der Waals surface area contributed by atoms with E-state index in [-0.39, 0.29) is 23.2 Å². The predicted molar refractivity (Wildman–Crippen MR) is 93.3 cm³/mol. The first-order valence-electron chi connectivity index (χ1n) is 7.43. The third kappa shape index (κ3) is 4.44. The summed E-state index contributed by atoms with van der Waals surface area (Å²) in [5, 5.41) is 2.76. The number of hydrogen-bond acceptors (Lipinski definition) is 4. The van der Waals surface area contributed by atoms with Crippen LogP contribution in [0.2, 0.25) is 0 Å². The van der Waals surface area contributed by atoms with Crippen LogP contribution in [0.25, 0.3) is 0 Å². The van der Waals surface area contributed by atoms with Crippen LogP contribution in [0.3, 0.4) is 0 Å². The van der Waals surface area contributed by atoms with Crippen molar-refractivity contribution in [3.05, 3.63) is 23.8 Å². The van der Waals surface area contributed by atoms with Crippen LogP contribution in [0.5, 0.6) is 0 Å². The molecule has 6 nitrogen and oxygen atoms in total. The summed E-state index contributed by atoms with van der Waals surface area (Å²) in [7, 11) is -2.20. The Morgan fingerprint density at radius 3 is 2.39 bits per heavy atom. The zero-order valence-corrected chi connectivity index (χ0v) is 15.0. The van der Waals surface area contributed by atoms with Crippen LogP contribution in [0.4, 0.5) is 5.69 Å². The normalized spacial score (nSPS) is 17.2. The molecule has 23 heavy (non-hydrogen) atoms. The van der Waals surface area contributed by atoms with Crippen molar-refractivity contribution < 1.29 is 13.2 Å². The summed E-state index contributed by atoms with van der Waals surface area (Å²) in [5.41, 5.74) is 6.39. The van der Waals surface area contributed by atoms with Crippen LogP contribution in [-0.2, 0) is 14.8 Å². The standard InChI is InChI=1S/C15H23N3O3S.ClH/c1-11-6-7-12(10-13(11)22(20,21)17-2)18-14(19)15(16)8-4-3-5-9-15;/h6-7,10,17H,3-5,8-9,16H2,1-2H3,(H,18,19);1H. The monoisotopic (exact) mass is 361 g/mol. The topological polar surface area (TPSA) is 101 Å². The number of aryl methyl sites for hydroxylation is 1. The largest absolute Gasteiger partial charge is 0.324 e. The van der Waals surface area contributed by atoms with Gasteiger partial charge in [0.15, 0.2) is 0 Å². The van der Waals surface area contributed by atoms with Gasteiger partial charge in [0.2, 0.25) is 15.9 Å². The number of benzene rings is 1. The Morgan fingerprint density at radius 1 is 1.22 bits per heavy atom. The van der Waals surface area contributed by atoms with Gasteiger partial charge in [0, 0.05) is 5.69 Å². The van der Waals surface area contributed by atoms with E-state index in [2.05, 4.69) is 10.0 Å². The van der Waals surface area contributed by atoms with E-state index in [1.54, 1.807) is 19.1 Å². The van der Waals surface area contributed by atoms with Crippen LogP contribution in [0.15, 0.2) is 23.1 Å². The van der Waals surface area contributed by atoms with Gasteiger partial charge < -0.3 is 11.1 Å². The number of nitrogens with one attached hydrogen (secondary N) is 2. The van der Waals surface area contributed by atoms with Crippen molar-refractivity contribution in [1.82, 2.24) is 4.72 Å². The van der Waals surface area contributed by atoms with Gasteiger partial charge in [-0.3, -0.25) is 4.79 Å². The summed E-state index contributed by atoms with van der Waals surface area (Å²) >= 11 is 0. The summed E-state index contributed by atoms with van der Waals surface area (Å²) in [6, 6.07) is 4.82. The summed E-state index contributed by atoms with van der Waals surface area (Å²) in [6.07, 6.45) is 4.30. The average molecular weight is 362 g/mol. The van der Waals surface area contributed by atoms with Gasteiger partial charge in [-0.15, -0.1) is 12.4 Å². The minimum absolute atomic E-state index is 0. The van der Waals surface area contributed by atoms with E-state index < -0.39 is 15.6 Å². The Morgan fingerprint density at radius 2 is 1.83 bits per heavy atom. The van der Waals surface area contributed by atoms with Crippen LogP contribution in [0.1, 0.15) is 37.7 Å². The van der Waals surface area contributed by atoms with E-state index in [0.29, 0.717) is 24.1 Å². The van der Waals surface area contributed by atoms with Gasteiger partial charge in [0.1, 0.15) is 0 Å². The van der Waals surface area contributed by atoms with E-state index in [0.717, 1.165) is 19.3 Å². The Balaban J connectivity index is 0.00000264. The van der Waals surface area contributed by atoms with Crippen molar-refractivity contribution in [2.75, 3.05) is 12.4 Å². The van der Waals surface area contributed by atoms with E-state index in [1.807, 2.05) is 0 Å². The summed E-state index contributed by atoms with van der Waals surface area (Å²) in [5.74, 6) is -0.246. The van der Waals surface area contributed by atoms with Gasteiger partial charge in [-0.05, 0) is 44.5 Å². The Bertz CT molecular complexity index is 671. The van der Waals surface area contributed by atoms with Crippen LogP contribution in [-0.4, -0.2) is 26.9 Å². The Labute approximate surface area is 143 Å². The first-order chi connectivity index (χ1) is 10.3. The molecule has 1 aromatic rings. The molecule has 0 bridgehead atoms. The van der Waals surface area contributed by atoms with E-state index >= 15 is 0 Å². The molecule has 0 aromatic heterocycles. The van der Waals surface area contributed by atoms with Crippen molar-refractivity contribution >= 4 is 34.0 Å². The number of rotatable bonds is 4. The lowest BCUT2D eigenvalue weighted by atomic mass is 9.82. The van der Waals surface area contributed by atoms with Gasteiger partial charge in [0.25, 0.3) is 0 Å². The molecule has 1 saturated carbocycles. The number of hydrogen-bond donors (Lipinski definition) is 3. The van der Waals surface area contributed by atoms with Gasteiger partial charge in [-0.25, -0.2) is 13.1 Å². The lowest BCUT2D eigenvalue weighted by Gasteiger charge is -2.31. The van der Waals surface area contributed by atoms with Crippen molar-refractivity contribution in [3.8, 4) is 0 Å². The zero-order valence-electron chi connectivity index (χ0n) is 13.4. The average Bonchev–Trinajstić information content (AvgIpc) is 2.49. The van der Waals surface area contributed by atoms with Crippen molar-refractivity contribution in [2.45, 2.75) is 49.5 Å². The number of nitrogens with two attached hydrogens (primary N) is 1. The molecule has 1 aromatic carbocycles. The lowest BCUT2D eigenvalue weighted by Crippen LogP contribution is -2.52. The van der Waals surface area contributed by atoms with Crippen LogP contribution in [0, 0.1) is 6.92 Å². The highest BCUT2D eigenvalue weighted by molar-refractivity contribution is 7.89. The molecule has 2 rings (SSSR count). The number of sulfonamides is 1. The fourth-order valence-electron chi connectivity index (χ4n) is 2.74. The molecular weight excluding hydrogens is 338 g/mol. The van der Waals surface area contributed by atoms with E-state index in [1.165, 1.54) is 13.1 Å². The highest BCUT2D eigenvalue weighted by atomic mass is 35.5. The fraction of sp³-hybridized carbons (Fsp3) is 0.533. The minimum Gasteiger partial charge on any atom is -0.324 e. The molecular formula is C15H24ClN3O3S. The summed E-state index contributed by atoms with van der Waals surface area (Å²) in [4.78, 5) is 12.6. The first kappa shape index (κ1) is 19.9. The van der Waals surface area contributed by atoms with Crippen molar-refractivity contribution in [1.29, 1.82) is 0 Å². The van der Waals surface area contributed by atoms with E-state index in [4.69, 9.17) is 5.73 Å². The zero-order chi connectivity index (χ0) is 16.4. The molecule has 0 spiro atoms. The minimum atomic E-state index is -3.56. The molecule has 4 N–H and O–H groups in total. The molecule has 8 heteroatoms. The molecule has 0 saturated heterocycles. The fourth-order valence-corrected chi connectivity index (χ4v) is 3.74. The van der Waals surface area contributed by atoms with Gasteiger partial charge in [-0.2, -0.15) is 0 Å². The maximum absolute atomic E-state index is 12.4. The third-order valence-corrected chi connectivity index (χ3v) is 5.76. The van der Waals surface area contributed by atoms with Crippen molar-refractivity contribution in [2.24, 2.45) is 5.73 Å². The number of carbonyl (C=O) groups excluding carboxylic acids is 1. The SMILES string of the molecule is CNS(=O)(=O)c1cc(NC(=O)C2(N)CCCCC2)ccc1C.Cl. The second-order valence-corrected chi connectivity index (χ2v) is 7.71. The third-order valence-electron chi connectivity index (χ3n) is 4.20. The Kier molecular flexibility index (Phi) is 6.59. The number of halogens is 1. The first-order valence-corrected chi connectivity index (χ1v) is 8.91. The summed E-state index contributed by atoms with van der Waals surface area (Å²) in [6.45, 7) is 1.71. The van der Waals surface area contributed by atoms with Crippen molar-refractivity contribution in [3.63, 3.8) is 0 Å². The highest BCUT2D eigenvalue weighted by Crippen LogP contribution is 2.28. The van der Waals surface area contributed by atoms with Crippen LogP contribution < -0.4 is 15.8 Å². The summed E-state index contributed by atoms with van der Waals surface area (Å²) < 4.78 is 26.2. The van der Waals surface area contributed by atoms with Gasteiger partial charge in [0.05, 0.1) is 10.4 Å². The molecule has 1 aliphatic rings. The number of anilines is 1. The quantitative estimate of drug-likeness (QED) is 0.762. The highest BCUT2D eigenvalue weighted by Gasteiger charge is 2.35. The van der Waals surface area contributed by atoms with Gasteiger partial charge >= 0.3 is 0 Å². The molecule has 1 fully saturated rings. The molecule has 1 amide bonds. The molecule has 1 aliphatic carbocycles. The second kappa shape index (κ2) is 7.61. The number of carbonyl (C=O) groups is 1. The Hall–Kier alpha value is -1.15. The number of amides is 1. The molecule has 0 unspecified atom stereocenters. The van der Waals surface area contributed by atoms with E-state index in [9.17, 15) is 13.2 Å². The predicted octanol–water partition coefficient (Wildman–Crippen LogP) is 1.93.